The number of fused-ring (bicyclic) bond motifs is 3. The van der Waals surface area contributed by atoms with Crippen LogP contribution in [0.15, 0.2) is 60.8 Å². The summed E-state index contributed by atoms with van der Waals surface area (Å²) in [6.07, 6.45) is -3.30. The Labute approximate surface area is 188 Å². The minimum atomic E-state index is -1.85. The molecule has 4 rings (SSSR count). The number of alkyl carbamates (subject to hydrolysis) is 1. The van der Waals surface area contributed by atoms with Gasteiger partial charge in [0.1, 0.15) is 24.5 Å². The lowest BCUT2D eigenvalue weighted by Gasteiger charge is -2.19. The number of aliphatic hydroxyl groups is 2. The highest BCUT2D eigenvalue weighted by Crippen LogP contribution is 2.44. The van der Waals surface area contributed by atoms with E-state index in [1.807, 2.05) is 48.5 Å². The number of halogens is 1. The highest BCUT2D eigenvalue weighted by molar-refractivity contribution is 5.88. The molecule has 2 aromatic carbocycles. The number of nitrogens with zero attached hydrogens (tertiary/aromatic N) is 1. The van der Waals surface area contributed by atoms with E-state index in [0.29, 0.717) is 0 Å². The summed E-state index contributed by atoms with van der Waals surface area (Å²) in [5, 5.41) is 31.6. The van der Waals surface area contributed by atoms with Crippen molar-refractivity contribution >= 4 is 12.1 Å². The number of carboxylic acids is 1. The Bertz CT molecular complexity index is 1160. The van der Waals surface area contributed by atoms with Gasteiger partial charge in [0.15, 0.2) is 5.82 Å². The van der Waals surface area contributed by atoms with Crippen LogP contribution < -0.4 is 5.32 Å². The van der Waals surface area contributed by atoms with Gasteiger partial charge >= 0.3 is 12.1 Å². The van der Waals surface area contributed by atoms with Gasteiger partial charge < -0.3 is 25.4 Å². The number of aromatic nitrogens is 1. The summed E-state index contributed by atoms with van der Waals surface area (Å²) in [5.74, 6) is -2.93. The van der Waals surface area contributed by atoms with E-state index < -0.39 is 47.9 Å². The van der Waals surface area contributed by atoms with Crippen molar-refractivity contribution in [3.63, 3.8) is 0 Å². The Balaban J connectivity index is 1.36. The minimum Gasteiger partial charge on any atom is -0.478 e. The fraction of sp³-hybridized carbons (Fsp3) is 0.208. The number of benzene rings is 2. The van der Waals surface area contributed by atoms with Gasteiger partial charge in [-0.05, 0) is 28.3 Å². The van der Waals surface area contributed by atoms with Crippen LogP contribution >= 0.6 is 0 Å². The average molecular weight is 452 g/mol. The summed E-state index contributed by atoms with van der Waals surface area (Å²) in [6.45, 7) is -0.397. The van der Waals surface area contributed by atoms with Crippen LogP contribution in [0.2, 0.25) is 0 Å². The first kappa shape index (κ1) is 22.4. The van der Waals surface area contributed by atoms with E-state index in [-0.39, 0.29) is 12.5 Å². The maximum Gasteiger partial charge on any atom is 0.407 e. The molecular weight excluding hydrogens is 431 g/mol. The third kappa shape index (κ3) is 4.41. The second-order valence-corrected chi connectivity index (χ2v) is 7.58. The summed E-state index contributed by atoms with van der Waals surface area (Å²) in [5.41, 5.74) is 2.94. The highest BCUT2D eigenvalue weighted by atomic mass is 19.1. The molecule has 0 fully saturated rings. The number of pyridine rings is 1. The number of aromatic carboxylic acids is 1. The molecule has 1 heterocycles. The van der Waals surface area contributed by atoms with Crippen LogP contribution in [-0.4, -0.2) is 51.6 Å². The molecule has 0 bridgehead atoms. The first-order valence-corrected chi connectivity index (χ1v) is 10.2. The van der Waals surface area contributed by atoms with Gasteiger partial charge in [0.2, 0.25) is 0 Å². The number of rotatable bonds is 7. The van der Waals surface area contributed by atoms with Crippen LogP contribution in [0.4, 0.5) is 9.18 Å². The van der Waals surface area contributed by atoms with Crippen molar-refractivity contribution in [1.82, 2.24) is 10.3 Å². The Kier molecular flexibility index (Phi) is 6.34. The van der Waals surface area contributed by atoms with E-state index >= 15 is 0 Å². The molecule has 170 valence electrons. The fourth-order valence-corrected chi connectivity index (χ4v) is 3.96. The van der Waals surface area contributed by atoms with Gasteiger partial charge in [-0.1, -0.05) is 48.5 Å². The van der Waals surface area contributed by atoms with Gasteiger partial charge in [0, 0.05) is 18.7 Å². The van der Waals surface area contributed by atoms with Gasteiger partial charge in [-0.15, -0.1) is 0 Å². The van der Waals surface area contributed by atoms with Gasteiger partial charge in [-0.2, -0.15) is 0 Å². The maximum atomic E-state index is 14.2. The highest BCUT2D eigenvalue weighted by Gasteiger charge is 2.30. The number of amides is 1. The zero-order chi connectivity index (χ0) is 23.5. The normalized spacial score (nSPS) is 14.2. The summed E-state index contributed by atoms with van der Waals surface area (Å²) < 4.78 is 19.6. The fourth-order valence-electron chi connectivity index (χ4n) is 3.96. The second kappa shape index (κ2) is 9.35. The van der Waals surface area contributed by atoms with Crippen molar-refractivity contribution in [1.29, 1.82) is 0 Å². The molecule has 4 N–H and O–H groups in total. The van der Waals surface area contributed by atoms with Crippen LogP contribution in [0.25, 0.3) is 11.1 Å². The Hall–Kier alpha value is -3.82. The van der Waals surface area contributed by atoms with Crippen molar-refractivity contribution in [3.8, 4) is 11.1 Å². The molecule has 1 amide bonds. The summed E-state index contributed by atoms with van der Waals surface area (Å²) >= 11 is 0. The number of nitrogens with one attached hydrogen (secondary N) is 1. The molecule has 9 heteroatoms. The van der Waals surface area contributed by atoms with Gasteiger partial charge in [0.05, 0.1) is 5.56 Å². The molecule has 8 nitrogen and oxygen atoms in total. The SMILES string of the molecule is O=C(NCC(O)C(O)c1nccc(C(=O)O)c1F)OCC1c2ccccc2-c2ccccc21. The van der Waals surface area contributed by atoms with Gasteiger partial charge in [-0.3, -0.25) is 4.98 Å². The van der Waals surface area contributed by atoms with Crippen LogP contribution in [0.5, 0.6) is 0 Å². The van der Waals surface area contributed by atoms with Crippen molar-refractivity contribution < 1.29 is 34.0 Å². The average Bonchev–Trinajstić information content (AvgIpc) is 3.14. The Morgan fingerprint density at radius 2 is 1.64 bits per heavy atom. The monoisotopic (exact) mass is 452 g/mol. The topological polar surface area (TPSA) is 129 Å². The summed E-state index contributed by atoms with van der Waals surface area (Å²) in [4.78, 5) is 26.8. The molecule has 33 heavy (non-hydrogen) atoms. The zero-order valence-electron chi connectivity index (χ0n) is 17.3. The van der Waals surface area contributed by atoms with Gasteiger partial charge in [-0.25, -0.2) is 14.0 Å². The zero-order valence-corrected chi connectivity index (χ0v) is 17.3. The number of aliphatic hydroxyl groups excluding tert-OH is 2. The standard InChI is InChI=1S/C24H21FN2O6/c25-20-17(23(30)31)9-10-26-21(20)22(29)19(28)11-27-24(32)33-12-18-15-7-3-1-5-13(15)14-6-2-4-8-16(14)18/h1-10,18-19,22,28-29H,11-12H2,(H,27,32)(H,30,31). The molecule has 3 aromatic rings. The van der Waals surface area contributed by atoms with E-state index in [2.05, 4.69) is 10.3 Å². The molecule has 0 spiro atoms. The number of hydrogen-bond acceptors (Lipinski definition) is 6. The molecule has 1 aliphatic rings. The molecule has 1 aliphatic carbocycles. The molecular formula is C24H21FN2O6. The quantitative estimate of drug-likeness (QED) is 0.434. The number of ether oxygens (including phenoxy) is 1. The smallest absolute Gasteiger partial charge is 0.407 e. The molecule has 2 atom stereocenters. The largest absolute Gasteiger partial charge is 0.478 e. The second-order valence-electron chi connectivity index (χ2n) is 7.58. The van der Waals surface area contributed by atoms with E-state index in [0.717, 1.165) is 34.5 Å². The lowest BCUT2D eigenvalue weighted by atomic mass is 9.98. The van der Waals surface area contributed by atoms with Crippen molar-refractivity contribution in [3.05, 3.63) is 89.0 Å². The Morgan fingerprint density at radius 3 is 2.24 bits per heavy atom. The van der Waals surface area contributed by atoms with Gasteiger partial charge in [0.25, 0.3) is 0 Å². The lowest BCUT2D eigenvalue weighted by molar-refractivity contribution is 0.0137. The molecule has 0 radical (unpaired) electrons. The Morgan fingerprint density at radius 1 is 1.03 bits per heavy atom. The van der Waals surface area contributed by atoms with Crippen molar-refractivity contribution in [2.24, 2.45) is 0 Å². The number of carbonyl (C=O) groups is 2. The maximum absolute atomic E-state index is 14.2. The van der Waals surface area contributed by atoms with Crippen molar-refractivity contribution in [2.45, 2.75) is 18.1 Å². The molecule has 1 aromatic heterocycles. The van der Waals surface area contributed by atoms with Crippen molar-refractivity contribution in [2.75, 3.05) is 13.2 Å². The van der Waals surface area contributed by atoms with Crippen LogP contribution in [0.1, 0.15) is 39.2 Å². The predicted molar refractivity (Wildman–Crippen MR) is 115 cm³/mol. The molecule has 0 aliphatic heterocycles. The lowest BCUT2D eigenvalue weighted by Crippen LogP contribution is -2.37. The van der Waals surface area contributed by atoms with E-state index in [1.54, 1.807) is 0 Å². The molecule has 0 saturated heterocycles. The van der Waals surface area contributed by atoms with Crippen LogP contribution in [0, 0.1) is 5.82 Å². The number of carbonyl (C=O) groups excluding carboxylic acids is 1. The predicted octanol–water partition coefficient (Wildman–Crippen LogP) is 2.85. The summed E-state index contributed by atoms with van der Waals surface area (Å²) in [7, 11) is 0. The first-order chi connectivity index (χ1) is 15.9. The molecule has 0 saturated carbocycles. The third-order valence-corrected chi connectivity index (χ3v) is 5.59. The van der Waals surface area contributed by atoms with E-state index in [9.17, 15) is 24.2 Å². The van der Waals surface area contributed by atoms with Crippen LogP contribution in [0.3, 0.4) is 0 Å². The first-order valence-electron chi connectivity index (χ1n) is 10.2. The van der Waals surface area contributed by atoms with E-state index in [1.165, 1.54) is 0 Å². The van der Waals surface area contributed by atoms with E-state index in [4.69, 9.17) is 9.84 Å². The molecule has 2 unspecified atom stereocenters. The number of carboxylic acid groups (broad SMARTS) is 1. The summed E-state index contributed by atoms with van der Waals surface area (Å²) in [6, 6.07) is 16.7. The number of hydrogen-bond donors (Lipinski definition) is 4. The van der Waals surface area contributed by atoms with Crippen LogP contribution in [-0.2, 0) is 4.74 Å². The minimum absolute atomic E-state index is 0.0648. The third-order valence-electron chi connectivity index (χ3n) is 5.59.